The monoisotopic (exact) mass is 184 g/mol. The predicted molar refractivity (Wildman–Crippen MR) is 58.0 cm³/mol. The van der Waals surface area contributed by atoms with Crippen molar-refractivity contribution >= 4 is 0 Å². The van der Waals surface area contributed by atoms with Crippen molar-refractivity contribution in [3.05, 3.63) is 0 Å². The Bertz CT molecular complexity index is 139. The van der Waals surface area contributed by atoms with E-state index in [1.807, 2.05) is 7.05 Å². The molecular weight excluding hydrogens is 160 g/mol. The Labute approximate surface area is 82.7 Å². The first-order valence-corrected chi connectivity index (χ1v) is 5.56. The van der Waals surface area contributed by atoms with E-state index in [9.17, 15) is 0 Å². The van der Waals surface area contributed by atoms with Gasteiger partial charge < -0.3 is 5.32 Å². The molecule has 0 aliphatic carbocycles. The van der Waals surface area contributed by atoms with Crippen LogP contribution in [0.1, 0.15) is 33.6 Å². The molecule has 2 nitrogen and oxygen atoms in total. The maximum absolute atomic E-state index is 3.33. The third kappa shape index (κ3) is 2.96. The number of hydrogen-bond acceptors (Lipinski definition) is 2. The number of hydrogen-bond donors (Lipinski definition) is 1. The van der Waals surface area contributed by atoms with Gasteiger partial charge in [-0.25, -0.2) is 0 Å². The maximum Gasteiger partial charge on any atom is 0.0218 e. The summed E-state index contributed by atoms with van der Waals surface area (Å²) < 4.78 is 0. The molecule has 2 atom stereocenters. The molecule has 0 aromatic carbocycles. The third-order valence-corrected chi connectivity index (χ3v) is 3.57. The molecule has 0 aromatic rings. The van der Waals surface area contributed by atoms with Gasteiger partial charge in [0.1, 0.15) is 0 Å². The van der Waals surface area contributed by atoms with E-state index >= 15 is 0 Å². The van der Waals surface area contributed by atoms with Crippen molar-refractivity contribution in [2.75, 3.05) is 20.1 Å². The lowest BCUT2D eigenvalue weighted by Crippen LogP contribution is -2.48. The summed E-state index contributed by atoms with van der Waals surface area (Å²) in [6.45, 7) is 9.53. The van der Waals surface area contributed by atoms with Crippen LogP contribution in [0.4, 0.5) is 0 Å². The fraction of sp³-hybridized carbons (Fsp3) is 1.00. The highest BCUT2D eigenvalue weighted by molar-refractivity contribution is 4.80. The first-order valence-electron chi connectivity index (χ1n) is 5.56. The van der Waals surface area contributed by atoms with E-state index in [0.29, 0.717) is 12.1 Å². The second kappa shape index (κ2) is 4.97. The van der Waals surface area contributed by atoms with Crippen molar-refractivity contribution in [2.24, 2.45) is 5.92 Å². The summed E-state index contributed by atoms with van der Waals surface area (Å²) in [4.78, 5) is 2.61. The van der Waals surface area contributed by atoms with E-state index in [1.165, 1.54) is 25.9 Å². The molecule has 0 spiro atoms. The minimum absolute atomic E-state index is 0.605. The predicted octanol–water partition coefficient (Wildman–Crippen LogP) is 1.71. The summed E-state index contributed by atoms with van der Waals surface area (Å²) in [5.41, 5.74) is 0. The average molecular weight is 184 g/mol. The zero-order chi connectivity index (χ0) is 9.84. The molecule has 1 fully saturated rings. The van der Waals surface area contributed by atoms with Crippen molar-refractivity contribution in [1.82, 2.24) is 10.2 Å². The molecule has 78 valence electrons. The van der Waals surface area contributed by atoms with Crippen LogP contribution in [0.3, 0.4) is 0 Å². The summed E-state index contributed by atoms with van der Waals surface area (Å²) >= 11 is 0. The molecular formula is C11H24N2. The standard InChI is InChI=1S/C11H24N2/c1-9-5-7-13(8-6-9)11(3)10(2)12-4/h9-12H,5-8H2,1-4H3. The molecule has 2 heteroatoms. The van der Waals surface area contributed by atoms with E-state index in [-0.39, 0.29) is 0 Å². The van der Waals surface area contributed by atoms with Crippen LogP contribution in [0.15, 0.2) is 0 Å². The van der Waals surface area contributed by atoms with Gasteiger partial charge in [-0.2, -0.15) is 0 Å². The van der Waals surface area contributed by atoms with Crippen LogP contribution >= 0.6 is 0 Å². The number of nitrogens with zero attached hydrogens (tertiary/aromatic N) is 1. The molecule has 1 aliphatic heterocycles. The highest BCUT2D eigenvalue weighted by Gasteiger charge is 2.22. The fourth-order valence-electron chi connectivity index (χ4n) is 1.99. The SMILES string of the molecule is CNC(C)C(C)N1CCC(C)CC1. The first-order chi connectivity index (χ1) is 6.15. The van der Waals surface area contributed by atoms with Crippen LogP contribution in [0.25, 0.3) is 0 Å². The molecule has 1 rings (SSSR count). The van der Waals surface area contributed by atoms with Crippen molar-refractivity contribution < 1.29 is 0 Å². The van der Waals surface area contributed by atoms with Gasteiger partial charge in [0.2, 0.25) is 0 Å². The van der Waals surface area contributed by atoms with Crippen LogP contribution in [-0.2, 0) is 0 Å². The molecule has 0 bridgehead atoms. The van der Waals surface area contributed by atoms with Crippen LogP contribution in [0.2, 0.25) is 0 Å². The lowest BCUT2D eigenvalue weighted by molar-refractivity contribution is 0.127. The topological polar surface area (TPSA) is 15.3 Å². The van der Waals surface area contributed by atoms with E-state index < -0.39 is 0 Å². The third-order valence-electron chi connectivity index (χ3n) is 3.57. The molecule has 1 N–H and O–H groups in total. The second-order valence-electron chi connectivity index (χ2n) is 4.54. The van der Waals surface area contributed by atoms with Gasteiger partial charge >= 0.3 is 0 Å². The van der Waals surface area contributed by atoms with Crippen molar-refractivity contribution in [1.29, 1.82) is 0 Å². The number of likely N-dealkylation sites (N-methyl/N-ethyl adjacent to an activating group) is 1. The quantitative estimate of drug-likeness (QED) is 0.718. The molecule has 1 heterocycles. The number of piperidine rings is 1. The molecule has 0 aromatic heterocycles. The van der Waals surface area contributed by atoms with Crippen LogP contribution < -0.4 is 5.32 Å². The zero-order valence-corrected chi connectivity index (χ0v) is 9.51. The maximum atomic E-state index is 3.33. The number of rotatable bonds is 3. The highest BCUT2D eigenvalue weighted by atomic mass is 15.2. The minimum atomic E-state index is 0.605. The molecule has 0 saturated carbocycles. The Balaban J connectivity index is 2.35. The van der Waals surface area contributed by atoms with Crippen molar-refractivity contribution in [3.63, 3.8) is 0 Å². The average Bonchev–Trinajstić information content (AvgIpc) is 2.17. The van der Waals surface area contributed by atoms with Crippen molar-refractivity contribution in [3.8, 4) is 0 Å². The molecule has 0 amide bonds. The summed E-state index contributed by atoms with van der Waals surface area (Å²) in [5, 5.41) is 3.33. The van der Waals surface area contributed by atoms with Gasteiger partial charge in [-0.1, -0.05) is 6.92 Å². The van der Waals surface area contributed by atoms with Crippen molar-refractivity contribution in [2.45, 2.75) is 45.7 Å². The van der Waals surface area contributed by atoms with Gasteiger partial charge in [-0.15, -0.1) is 0 Å². The normalized spacial score (nSPS) is 25.8. The molecule has 13 heavy (non-hydrogen) atoms. The highest BCUT2D eigenvalue weighted by Crippen LogP contribution is 2.18. The van der Waals surface area contributed by atoms with Gasteiger partial charge in [0.15, 0.2) is 0 Å². The summed E-state index contributed by atoms with van der Waals surface area (Å²) in [6.07, 6.45) is 2.75. The van der Waals surface area contributed by atoms with Crippen LogP contribution in [0.5, 0.6) is 0 Å². The lowest BCUT2D eigenvalue weighted by atomic mass is 9.97. The Morgan fingerprint density at radius 1 is 1.23 bits per heavy atom. The molecule has 1 aliphatic rings. The first kappa shape index (κ1) is 11.0. The van der Waals surface area contributed by atoms with E-state index in [1.54, 1.807) is 0 Å². The largest absolute Gasteiger partial charge is 0.316 e. The van der Waals surface area contributed by atoms with E-state index in [0.717, 1.165) is 5.92 Å². The summed E-state index contributed by atoms with van der Waals surface area (Å²) in [7, 11) is 2.05. The number of likely N-dealkylation sites (tertiary alicyclic amines) is 1. The van der Waals surface area contributed by atoms with Gasteiger partial charge in [-0.05, 0) is 52.7 Å². The number of nitrogens with one attached hydrogen (secondary N) is 1. The second-order valence-corrected chi connectivity index (χ2v) is 4.54. The van der Waals surface area contributed by atoms with Gasteiger partial charge in [0, 0.05) is 12.1 Å². The Kier molecular flexibility index (Phi) is 4.20. The summed E-state index contributed by atoms with van der Waals surface area (Å²) in [6, 6.07) is 1.28. The molecule has 0 radical (unpaired) electrons. The van der Waals surface area contributed by atoms with Gasteiger partial charge in [0.05, 0.1) is 0 Å². The minimum Gasteiger partial charge on any atom is -0.316 e. The Hall–Kier alpha value is -0.0800. The van der Waals surface area contributed by atoms with Gasteiger partial charge in [0.25, 0.3) is 0 Å². The van der Waals surface area contributed by atoms with E-state index in [2.05, 4.69) is 31.0 Å². The fourth-order valence-corrected chi connectivity index (χ4v) is 1.99. The van der Waals surface area contributed by atoms with Crippen LogP contribution in [0, 0.1) is 5.92 Å². The Morgan fingerprint density at radius 2 is 1.77 bits per heavy atom. The molecule has 2 unspecified atom stereocenters. The van der Waals surface area contributed by atoms with E-state index in [4.69, 9.17) is 0 Å². The zero-order valence-electron chi connectivity index (χ0n) is 9.51. The molecule has 1 saturated heterocycles. The van der Waals surface area contributed by atoms with Gasteiger partial charge in [-0.3, -0.25) is 4.90 Å². The van der Waals surface area contributed by atoms with Crippen LogP contribution in [-0.4, -0.2) is 37.1 Å². The lowest BCUT2D eigenvalue weighted by Gasteiger charge is -2.37. The smallest absolute Gasteiger partial charge is 0.0218 e. The Morgan fingerprint density at radius 3 is 2.23 bits per heavy atom. The summed E-state index contributed by atoms with van der Waals surface area (Å²) in [5.74, 6) is 0.938.